The molecular formula is C18H19FO6. The van der Waals surface area contributed by atoms with E-state index < -0.39 is 5.79 Å². The Labute approximate surface area is 144 Å². The lowest BCUT2D eigenvalue weighted by atomic mass is 9.95. The van der Waals surface area contributed by atoms with Crippen molar-refractivity contribution >= 4 is 5.57 Å². The zero-order valence-electron chi connectivity index (χ0n) is 13.6. The second-order valence-electron chi connectivity index (χ2n) is 6.15. The van der Waals surface area contributed by atoms with Crippen molar-refractivity contribution < 1.29 is 33.4 Å². The quantitative estimate of drug-likeness (QED) is 0.295. The molecule has 1 aromatic rings. The van der Waals surface area contributed by atoms with Gasteiger partial charge in [-0.25, -0.2) is 14.2 Å². The second-order valence-corrected chi connectivity index (χ2v) is 6.15. The summed E-state index contributed by atoms with van der Waals surface area (Å²) in [7, 11) is 0. The molecule has 0 saturated carbocycles. The van der Waals surface area contributed by atoms with Gasteiger partial charge in [0.25, 0.3) is 5.79 Å². The number of hydrogen-bond acceptors (Lipinski definition) is 6. The summed E-state index contributed by atoms with van der Waals surface area (Å²) in [5, 5.41) is 0. The molecule has 6 nitrogen and oxygen atoms in total. The van der Waals surface area contributed by atoms with Crippen LogP contribution in [-0.4, -0.2) is 44.4 Å². The molecule has 1 aromatic carbocycles. The Balaban J connectivity index is 1.43. The fourth-order valence-electron chi connectivity index (χ4n) is 2.42. The monoisotopic (exact) mass is 350 g/mol. The maximum atomic E-state index is 14.7. The van der Waals surface area contributed by atoms with Crippen molar-refractivity contribution in [3.63, 3.8) is 0 Å². The van der Waals surface area contributed by atoms with Crippen LogP contribution < -0.4 is 0 Å². The van der Waals surface area contributed by atoms with Crippen LogP contribution in [0.15, 0.2) is 48.3 Å². The summed E-state index contributed by atoms with van der Waals surface area (Å²) in [6.45, 7) is 1.77. The van der Waals surface area contributed by atoms with E-state index in [4.69, 9.17) is 29.0 Å². The topological polar surface area (TPSA) is 62.0 Å². The van der Waals surface area contributed by atoms with E-state index in [2.05, 4.69) is 0 Å². The van der Waals surface area contributed by atoms with Crippen LogP contribution in [0.1, 0.15) is 12.0 Å². The van der Waals surface area contributed by atoms with Gasteiger partial charge < -0.3 is 9.47 Å². The number of ether oxygens (including phenoxy) is 2. The predicted octanol–water partition coefficient (Wildman–Crippen LogP) is 2.72. The SMILES string of the molecule is FC1=C(c2ccccc2)C=CC(OOCC2CO2)(OOCC2CO2)C1. The lowest BCUT2D eigenvalue weighted by Gasteiger charge is -2.30. The minimum Gasteiger partial charge on any atom is -0.370 e. The molecule has 2 aliphatic heterocycles. The van der Waals surface area contributed by atoms with Crippen LogP contribution in [0, 0.1) is 0 Å². The third kappa shape index (κ3) is 4.52. The Kier molecular flexibility index (Phi) is 4.93. The minimum absolute atomic E-state index is 0.0191. The molecule has 4 rings (SSSR count). The van der Waals surface area contributed by atoms with Crippen molar-refractivity contribution in [1.29, 1.82) is 0 Å². The number of benzene rings is 1. The summed E-state index contributed by atoms with van der Waals surface area (Å²) in [4.78, 5) is 21.0. The molecule has 2 fully saturated rings. The molecule has 25 heavy (non-hydrogen) atoms. The highest BCUT2D eigenvalue weighted by molar-refractivity contribution is 5.76. The van der Waals surface area contributed by atoms with E-state index >= 15 is 0 Å². The molecular weight excluding hydrogens is 331 g/mol. The molecule has 2 atom stereocenters. The first-order valence-corrected chi connectivity index (χ1v) is 8.22. The molecule has 0 amide bonds. The Hall–Kier alpha value is -1.61. The van der Waals surface area contributed by atoms with E-state index in [-0.39, 0.29) is 37.7 Å². The van der Waals surface area contributed by atoms with Gasteiger partial charge in [0.05, 0.1) is 19.6 Å². The molecule has 0 spiro atoms. The smallest absolute Gasteiger partial charge is 0.258 e. The maximum Gasteiger partial charge on any atom is 0.258 e. The lowest BCUT2D eigenvalue weighted by Crippen LogP contribution is -2.36. The zero-order chi connectivity index (χ0) is 17.1. The summed E-state index contributed by atoms with van der Waals surface area (Å²) >= 11 is 0. The van der Waals surface area contributed by atoms with Gasteiger partial charge in [-0.05, 0) is 11.6 Å². The Morgan fingerprint density at radius 3 is 2.12 bits per heavy atom. The van der Waals surface area contributed by atoms with Crippen molar-refractivity contribution in [3.05, 3.63) is 53.9 Å². The Morgan fingerprint density at radius 1 is 1.00 bits per heavy atom. The van der Waals surface area contributed by atoms with E-state index in [9.17, 15) is 4.39 Å². The van der Waals surface area contributed by atoms with Gasteiger partial charge >= 0.3 is 0 Å². The second kappa shape index (κ2) is 7.33. The lowest BCUT2D eigenvalue weighted by molar-refractivity contribution is -0.496. The standard InChI is InChI=1S/C18H19FO6/c19-17-8-18(24-22-11-14-9-20-14,25-23-12-15-10-21-15)7-6-16(17)13-4-2-1-3-5-13/h1-7,14-15H,8-12H2. The van der Waals surface area contributed by atoms with E-state index in [1.165, 1.54) is 0 Å². The van der Waals surface area contributed by atoms with Crippen LogP contribution in [0.5, 0.6) is 0 Å². The van der Waals surface area contributed by atoms with Crippen LogP contribution in [-0.2, 0) is 29.0 Å². The normalized spacial score (nSPS) is 30.6. The summed E-state index contributed by atoms with van der Waals surface area (Å²) < 4.78 is 24.8. The van der Waals surface area contributed by atoms with Gasteiger partial charge in [0.1, 0.15) is 31.2 Å². The van der Waals surface area contributed by atoms with Gasteiger partial charge in [0.15, 0.2) is 0 Å². The summed E-state index contributed by atoms with van der Waals surface area (Å²) in [6, 6.07) is 9.28. The number of rotatable bonds is 9. The van der Waals surface area contributed by atoms with E-state index in [0.29, 0.717) is 18.8 Å². The van der Waals surface area contributed by atoms with Crippen LogP contribution in [0.3, 0.4) is 0 Å². The van der Waals surface area contributed by atoms with Crippen molar-refractivity contribution in [1.82, 2.24) is 0 Å². The molecule has 1 aliphatic carbocycles. The van der Waals surface area contributed by atoms with Crippen LogP contribution >= 0.6 is 0 Å². The third-order valence-corrected chi connectivity index (χ3v) is 4.00. The fraction of sp³-hybridized carbons (Fsp3) is 0.444. The molecule has 2 saturated heterocycles. The van der Waals surface area contributed by atoms with Crippen LogP contribution in [0.2, 0.25) is 0 Å². The predicted molar refractivity (Wildman–Crippen MR) is 84.5 cm³/mol. The zero-order valence-corrected chi connectivity index (χ0v) is 13.6. The van der Waals surface area contributed by atoms with Gasteiger partial charge in [0, 0.05) is 5.57 Å². The van der Waals surface area contributed by atoms with Crippen molar-refractivity contribution in [2.24, 2.45) is 0 Å². The average Bonchev–Trinajstić information content (AvgIpc) is 3.51. The highest BCUT2D eigenvalue weighted by Crippen LogP contribution is 2.37. The molecule has 0 bridgehead atoms. The molecule has 2 unspecified atom stereocenters. The highest BCUT2D eigenvalue weighted by atomic mass is 19.1. The van der Waals surface area contributed by atoms with E-state index in [1.54, 1.807) is 12.2 Å². The van der Waals surface area contributed by atoms with E-state index in [1.807, 2.05) is 30.3 Å². The molecule has 0 radical (unpaired) electrons. The average molecular weight is 350 g/mol. The molecule has 134 valence electrons. The summed E-state index contributed by atoms with van der Waals surface area (Å²) in [5.74, 6) is -1.85. The van der Waals surface area contributed by atoms with Gasteiger partial charge in [-0.15, -0.1) is 0 Å². The minimum atomic E-state index is -1.48. The van der Waals surface area contributed by atoms with Crippen molar-refractivity contribution in [2.45, 2.75) is 24.4 Å². The molecule has 0 N–H and O–H groups in total. The van der Waals surface area contributed by atoms with E-state index in [0.717, 1.165) is 5.56 Å². The van der Waals surface area contributed by atoms with Gasteiger partial charge in [-0.3, -0.25) is 0 Å². The Morgan fingerprint density at radius 2 is 1.60 bits per heavy atom. The fourth-order valence-corrected chi connectivity index (χ4v) is 2.42. The molecule has 2 heterocycles. The van der Waals surface area contributed by atoms with Crippen LogP contribution in [0.4, 0.5) is 4.39 Å². The van der Waals surface area contributed by atoms with Gasteiger partial charge in [0.2, 0.25) is 0 Å². The number of hydrogen-bond donors (Lipinski definition) is 0. The van der Waals surface area contributed by atoms with Crippen LogP contribution in [0.25, 0.3) is 5.57 Å². The Bertz CT molecular complexity index is 633. The summed E-state index contributed by atoms with van der Waals surface area (Å²) in [5.41, 5.74) is 1.27. The first-order valence-electron chi connectivity index (χ1n) is 8.22. The maximum absolute atomic E-state index is 14.7. The molecule has 0 aromatic heterocycles. The number of epoxide rings is 2. The number of halogens is 1. The third-order valence-electron chi connectivity index (χ3n) is 4.00. The number of allylic oxidation sites excluding steroid dienone is 2. The van der Waals surface area contributed by atoms with Crippen molar-refractivity contribution in [2.75, 3.05) is 26.4 Å². The largest absolute Gasteiger partial charge is 0.370 e. The van der Waals surface area contributed by atoms with Crippen molar-refractivity contribution in [3.8, 4) is 0 Å². The summed E-state index contributed by atoms with van der Waals surface area (Å²) in [6.07, 6.45) is 3.09. The molecule has 7 heteroatoms. The molecule has 3 aliphatic rings. The van der Waals surface area contributed by atoms with Gasteiger partial charge in [-0.2, -0.15) is 9.78 Å². The first kappa shape index (κ1) is 16.8. The van der Waals surface area contributed by atoms with Gasteiger partial charge in [-0.1, -0.05) is 36.4 Å². The highest BCUT2D eigenvalue weighted by Gasteiger charge is 2.39. The first-order chi connectivity index (χ1) is 12.2.